The van der Waals surface area contributed by atoms with Crippen LogP contribution in [0.1, 0.15) is 42.5 Å². The highest BCUT2D eigenvalue weighted by atomic mass is 16.3. The van der Waals surface area contributed by atoms with Gasteiger partial charge in [0, 0.05) is 31.2 Å². The lowest BCUT2D eigenvalue weighted by molar-refractivity contribution is -0.121. The summed E-state index contributed by atoms with van der Waals surface area (Å²) in [6, 6.07) is 1.63. The average molecular weight is 306 g/mol. The largest absolute Gasteiger partial charge is 0.506 e. The molecule has 1 aliphatic carbocycles. The molecule has 0 aromatic carbocycles. The molecule has 7 heteroatoms. The van der Waals surface area contributed by atoms with Gasteiger partial charge in [0.2, 0.25) is 5.91 Å². The summed E-state index contributed by atoms with van der Waals surface area (Å²) in [5, 5.41) is 15.2. The Morgan fingerprint density at radius 2 is 1.82 bits per heavy atom. The van der Waals surface area contributed by atoms with Crippen LogP contribution in [0.5, 0.6) is 5.75 Å². The zero-order chi connectivity index (χ0) is 15.9. The van der Waals surface area contributed by atoms with Crippen LogP contribution in [0.25, 0.3) is 0 Å². The number of amides is 2. The maximum atomic E-state index is 12.1. The first-order valence-corrected chi connectivity index (χ1v) is 7.53. The van der Waals surface area contributed by atoms with Crippen molar-refractivity contribution in [2.24, 2.45) is 5.73 Å². The quantitative estimate of drug-likeness (QED) is 0.624. The number of nitrogens with two attached hydrogens (primary N) is 1. The van der Waals surface area contributed by atoms with Crippen LogP contribution in [0.4, 0.5) is 0 Å². The van der Waals surface area contributed by atoms with Crippen molar-refractivity contribution in [3.63, 3.8) is 0 Å². The molecule has 0 aliphatic heterocycles. The molecule has 0 spiro atoms. The van der Waals surface area contributed by atoms with Gasteiger partial charge in [-0.15, -0.1) is 0 Å². The predicted molar refractivity (Wildman–Crippen MR) is 81.2 cm³/mol. The van der Waals surface area contributed by atoms with Crippen molar-refractivity contribution in [1.29, 1.82) is 0 Å². The number of carbonyl (C=O) groups excluding carboxylic acids is 2. The summed E-state index contributed by atoms with van der Waals surface area (Å²) in [6.45, 7) is 0.356. The molecule has 1 heterocycles. The van der Waals surface area contributed by atoms with E-state index < -0.39 is 0 Å². The molecule has 1 aromatic heterocycles. The molecule has 0 saturated heterocycles. The van der Waals surface area contributed by atoms with E-state index in [1.807, 2.05) is 0 Å². The highest BCUT2D eigenvalue weighted by molar-refractivity contribution is 5.94. The second-order valence-corrected chi connectivity index (χ2v) is 5.56. The first-order chi connectivity index (χ1) is 10.6. The van der Waals surface area contributed by atoms with Gasteiger partial charge in [-0.1, -0.05) is 0 Å². The first kappa shape index (κ1) is 16.2. The second kappa shape index (κ2) is 7.74. The van der Waals surface area contributed by atoms with Gasteiger partial charge in [0.05, 0.1) is 11.8 Å². The fourth-order valence-corrected chi connectivity index (χ4v) is 2.63. The van der Waals surface area contributed by atoms with E-state index in [1.54, 1.807) is 0 Å². The molecule has 7 nitrogen and oxygen atoms in total. The normalized spacial score (nSPS) is 21.1. The Morgan fingerprint density at radius 1 is 1.18 bits per heavy atom. The SMILES string of the molecule is NCCC(=O)N[C@H]1CC[C@H](NC(=O)c2cncc(O)c2)CC1. The van der Waals surface area contributed by atoms with Gasteiger partial charge in [-0.3, -0.25) is 14.6 Å². The number of hydrogen-bond donors (Lipinski definition) is 4. The Hall–Kier alpha value is -2.15. The molecular formula is C15H22N4O3. The van der Waals surface area contributed by atoms with Gasteiger partial charge in [-0.05, 0) is 31.7 Å². The van der Waals surface area contributed by atoms with Crippen LogP contribution in [0.15, 0.2) is 18.5 Å². The molecule has 2 rings (SSSR count). The van der Waals surface area contributed by atoms with Crippen molar-refractivity contribution < 1.29 is 14.7 Å². The molecule has 0 atom stereocenters. The molecule has 1 fully saturated rings. The van der Waals surface area contributed by atoms with E-state index in [9.17, 15) is 14.7 Å². The Morgan fingerprint density at radius 3 is 2.41 bits per heavy atom. The Balaban J connectivity index is 1.77. The van der Waals surface area contributed by atoms with Crippen LogP contribution in [0.2, 0.25) is 0 Å². The van der Waals surface area contributed by atoms with Crippen molar-refractivity contribution in [2.75, 3.05) is 6.54 Å². The number of aromatic nitrogens is 1. The molecular weight excluding hydrogens is 284 g/mol. The molecule has 22 heavy (non-hydrogen) atoms. The number of aromatic hydroxyl groups is 1. The minimum Gasteiger partial charge on any atom is -0.506 e. The predicted octanol–water partition coefficient (Wildman–Crippen LogP) is 0.293. The van der Waals surface area contributed by atoms with Gasteiger partial charge in [0.15, 0.2) is 0 Å². The smallest absolute Gasteiger partial charge is 0.253 e. The van der Waals surface area contributed by atoms with E-state index in [4.69, 9.17) is 5.73 Å². The van der Waals surface area contributed by atoms with E-state index in [-0.39, 0.29) is 29.6 Å². The number of carbonyl (C=O) groups is 2. The molecule has 1 saturated carbocycles. The van der Waals surface area contributed by atoms with Crippen LogP contribution < -0.4 is 16.4 Å². The molecule has 0 bridgehead atoms. The van der Waals surface area contributed by atoms with Gasteiger partial charge in [-0.25, -0.2) is 0 Å². The third kappa shape index (κ3) is 4.70. The number of nitrogens with one attached hydrogen (secondary N) is 2. The maximum absolute atomic E-state index is 12.1. The van der Waals surface area contributed by atoms with Crippen molar-refractivity contribution in [3.8, 4) is 5.75 Å². The second-order valence-electron chi connectivity index (χ2n) is 5.56. The number of hydrogen-bond acceptors (Lipinski definition) is 5. The van der Waals surface area contributed by atoms with E-state index >= 15 is 0 Å². The Kier molecular flexibility index (Phi) is 5.71. The van der Waals surface area contributed by atoms with Crippen molar-refractivity contribution in [3.05, 3.63) is 24.0 Å². The molecule has 2 amide bonds. The third-order valence-corrected chi connectivity index (χ3v) is 3.78. The fraction of sp³-hybridized carbons (Fsp3) is 0.533. The van der Waals surface area contributed by atoms with Crippen LogP contribution in [0, 0.1) is 0 Å². The first-order valence-electron chi connectivity index (χ1n) is 7.53. The third-order valence-electron chi connectivity index (χ3n) is 3.78. The van der Waals surface area contributed by atoms with Crippen LogP contribution in [-0.2, 0) is 4.79 Å². The molecule has 120 valence electrons. The fourth-order valence-electron chi connectivity index (χ4n) is 2.63. The van der Waals surface area contributed by atoms with Gasteiger partial charge in [0.25, 0.3) is 5.91 Å². The topological polar surface area (TPSA) is 117 Å². The monoisotopic (exact) mass is 306 g/mol. The Labute approximate surface area is 129 Å². The van der Waals surface area contributed by atoms with Crippen LogP contribution in [0.3, 0.4) is 0 Å². The van der Waals surface area contributed by atoms with Crippen molar-refractivity contribution in [2.45, 2.75) is 44.2 Å². The highest BCUT2D eigenvalue weighted by Crippen LogP contribution is 2.19. The summed E-state index contributed by atoms with van der Waals surface area (Å²) in [7, 11) is 0. The lowest BCUT2D eigenvalue weighted by Gasteiger charge is -2.29. The van der Waals surface area contributed by atoms with Crippen molar-refractivity contribution in [1.82, 2.24) is 15.6 Å². The zero-order valence-corrected chi connectivity index (χ0v) is 12.4. The summed E-state index contributed by atoms with van der Waals surface area (Å²) in [5.74, 6) is -0.279. The number of pyridine rings is 1. The lowest BCUT2D eigenvalue weighted by atomic mass is 9.91. The highest BCUT2D eigenvalue weighted by Gasteiger charge is 2.23. The van der Waals surface area contributed by atoms with E-state index in [0.29, 0.717) is 18.5 Å². The lowest BCUT2D eigenvalue weighted by Crippen LogP contribution is -2.44. The van der Waals surface area contributed by atoms with Crippen LogP contribution in [-0.4, -0.2) is 40.5 Å². The minimum atomic E-state index is -0.237. The van der Waals surface area contributed by atoms with E-state index in [0.717, 1.165) is 25.7 Å². The molecule has 0 unspecified atom stereocenters. The zero-order valence-electron chi connectivity index (χ0n) is 12.4. The van der Waals surface area contributed by atoms with Gasteiger partial charge < -0.3 is 21.5 Å². The summed E-state index contributed by atoms with van der Waals surface area (Å²) in [5.41, 5.74) is 5.69. The standard InChI is InChI=1S/C15H22N4O3/c16-6-5-14(21)18-11-1-3-12(4-2-11)19-15(22)10-7-13(20)9-17-8-10/h7-9,11-12,20H,1-6,16H2,(H,18,21)(H,19,22)/t11-,12-. The number of nitrogens with zero attached hydrogens (tertiary/aromatic N) is 1. The number of rotatable bonds is 5. The van der Waals surface area contributed by atoms with Crippen molar-refractivity contribution >= 4 is 11.8 Å². The molecule has 5 N–H and O–H groups in total. The molecule has 1 aromatic rings. The summed E-state index contributed by atoms with van der Waals surface area (Å²) in [4.78, 5) is 27.4. The van der Waals surface area contributed by atoms with Gasteiger partial charge in [0.1, 0.15) is 5.75 Å². The Bertz CT molecular complexity index is 527. The summed E-state index contributed by atoms with van der Waals surface area (Å²) in [6.07, 6.45) is 6.34. The summed E-state index contributed by atoms with van der Waals surface area (Å²) >= 11 is 0. The van der Waals surface area contributed by atoms with Gasteiger partial charge >= 0.3 is 0 Å². The average Bonchev–Trinajstić information content (AvgIpc) is 2.49. The molecule has 0 radical (unpaired) electrons. The molecule has 1 aliphatic rings. The summed E-state index contributed by atoms with van der Waals surface area (Å²) < 4.78 is 0. The van der Waals surface area contributed by atoms with E-state index in [1.165, 1.54) is 18.5 Å². The van der Waals surface area contributed by atoms with Crippen LogP contribution >= 0.6 is 0 Å². The van der Waals surface area contributed by atoms with E-state index in [2.05, 4.69) is 15.6 Å². The maximum Gasteiger partial charge on any atom is 0.253 e. The minimum absolute atomic E-state index is 0.0131. The van der Waals surface area contributed by atoms with Gasteiger partial charge in [-0.2, -0.15) is 0 Å².